The summed E-state index contributed by atoms with van der Waals surface area (Å²) in [6.07, 6.45) is 9.95. The van der Waals surface area contributed by atoms with Crippen LogP contribution in [-0.4, -0.2) is 0 Å². The van der Waals surface area contributed by atoms with Crippen molar-refractivity contribution in [1.29, 1.82) is 0 Å². The smallest absolute Gasteiger partial charge is 0.0178 e. The molecule has 0 aliphatic heterocycles. The SMILES string of the molecule is C=CCC1C2=CCC(Br)=CCC2c2ccc(Br)cc21. The van der Waals surface area contributed by atoms with Crippen LogP contribution in [0.5, 0.6) is 0 Å². The lowest BCUT2D eigenvalue weighted by atomic mass is 9.90. The van der Waals surface area contributed by atoms with Crippen molar-refractivity contribution in [3.05, 3.63) is 68.7 Å². The second-order valence-corrected chi connectivity index (χ2v) is 7.13. The largest absolute Gasteiger partial charge is 0.103 e. The van der Waals surface area contributed by atoms with E-state index in [1.165, 1.54) is 20.1 Å². The molecule has 0 fully saturated rings. The van der Waals surface area contributed by atoms with E-state index in [-0.39, 0.29) is 0 Å². The maximum atomic E-state index is 3.93. The molecule has 3 rings (SSSR count). The highest BCUT2D eigenvalue weighted by Crippen LogP contribution is 2.51. The normalized spacial score (nSPS) is 24.9. The fourth-order valence-electron chi connectivity index (χ4n) is 3.29. The number of benzene rings is 1. The first-order valence-corrected chi connectivity index (χ1v) is 8.24. The van der Waals surface area contributed by atoms with Crippen LogP contribution < -0.4 is 0 Å². The summed E-state index contributed by atoms with van der Waals surface area (Å²) in [6, 6.07) is 6.74. The van der Waals surface area contributed by atoms with Crippen LogP contribution in [0.2, 0.25) is 0 Å². The Labute approximate surface area is 131 Å². The number of fused-ring (bicyclic) bond motifs is 3. The number of rotatable bonds is 2. The lowest BCUT2D eigenvalue weighted by Crippen LogP contribution is -1.98. The number of hydrogen-bond acceptors (Lipinski definition) is 0. The van der Waals surface area contributed by atoms with Crippen molar-refractivity contribution in [2.45, 2.75) is 31.1 Å². The van der Waals surface area contributed by atoms with E-state index in [1.54, 1.807) is 5.57 Å². The van der Waals surface area contributed by atoms with Gasteiger partial charge in [-0.1, -0.05) is 61.7 Å². The highest BCUT2D eigenvalue weighted by molar-refractivity contribution is 9.11. The van der Waals surface area contributed by atoms with Crippen LogP contribution in [0.1, 0.15) is 42.2 Å². The molecule has 1 aromatic carbocycles. The standard InChI is InChI=1S/C17H16Br2/c1-2-3-13-14-7-4-11(18)5-8-15(14)16-9-6-12(19)10-17(13)16/h2,5-7,9-10,13,15H,1,3-4,8H2. The van der Waals surface area contributed by atoms with Crippen LogP contribution in [0, 0.1) is 0 Å². The summed E-state index contributed by atoms with van der Waals surface area (Å²) in [7, 11) is 0. The van der Waals surface area contributed by atoms with Gasteiger partial charge in [-0.2, -0.15) is 0 Å². The molecule has 1 aromatic rings. The Morgan fingerprint density at radius 3 is 2.84 bits per heavy atom. The third kappa shape index (κ3) is 2.41. The minimum atomic E-state index is 0.516. The second kappa shape index (κ2) is 5.41. The molecule has 0 saturated carbocycles. The Kier molecular flexibility index (Phi) is 3.81. The average molecular weight is 380 g/mol. The summed E-state index contributed by atoms with van der Waals surface area (Å²) in [5, 5.41) is 0. The van der Waals surface area contributed by atoms with E-state index >= 15 is 0 Å². The molecule has 0 radical (unpaired) electrons. The molecule has 2 aliphatic carbocycles. The summed E-state index contributed by atoms with van der Waals surface area (Å²) in [6.45, 7) is 3.93. The number of halogens is 2. The highest BCUT2D eigenvalue weighted by atomic mass is 79.9. The van der Waals surface area contributed by atoms with Gasteiger partial charge in [0.1, 0.15) is 0 Å². The molecule has 0 spiro atoms. The van der Waals surface area contributed by atoms with Gasteiger partial charge in [-0.25, -0.2) is 0 Å². The van der Waals surface area contributed by atoms with Crippen molar-refractivity contribution >= 4 is 31.9 Å². The van der Waals surface area contributed by atoms with Crippen LogP contribution in [0.25, 0.3) is 0 Å². The average Bonchev–Trinajstić information content (AvgIpc) is 2.54. The summed E-state index contributed by atoms with van der Waals surface area (Å²) in [4.78, 5) is 0. The second-order valence-electron chi connectivity index (χ2n) is 5.20. The first-order chi connectivity index (χ1) is 9.20. The maximum absolute atomic E-state index is 3.93. The molecule has 2 heteroatoms. The van der Waals surface area contributed by atoms with Gasteiger partial charge in [-0.05, 0) is 47.0 Å². The summed E-state index contributed by atoms with van der Waals surface area (Å²) < 4.78 is 2.49. The van der Waals surface area contributed by atoms with E-state index < -0.39 is 0 Å². The van der Waals surface area contributed by atoms with Gasteiger partial charge in [-0.15, -0.1) is 6.58 Å². The third-order valence-corrected chi connectivity index (χ3v) is 5.26. The van der Waals surface area contributed by atoms with E-state index in [1.807, 2.05) is 6.08 Å². The molecule has 19 heavy (non-hydrogen) atoms. The monoisotopic (exact) mass is 378 g/mol. The lowest BCUT2D eigenvalue weighted by Gasteiger charge is -2.14. The minimum absolute atomic E-state index is 0.516. The van der Waals surface area contributed by atoms with E-state index in [9.17, 15) is 0 Å². The van der Waals surface area contributed by atoms with Gasteiger partial charge in [0.25, 0.3) is 0 Å². The van der Waals surface area contributed by atoms with Crippen molar-refractivity contribution in [2.75, 3.05) is 0 Å². The predicted octanol–water partition coefficient (Wildman–Crippen LogP) is 6.21. The molecule has 0 amide bonds. The predicted molar refractivity (Wildman–Crippen MR) is 88.8 cm³/mol. The molecule has 2 unspecified atom stereocenters. The van der Waals surface area contributed by atoms with Crippen LogP contribution in [-0.2, 0) is 0 Å². The Balaban J connectivity index is 2.11. The zero-order valence-electron chi connectivity index (χ0n) is 10.7. The fraction of sp³-hybridized carbons (Fsp3) is 0.294. The van der Waals surface area contributed by atoms with Gasteiger partial charge in [0, 0.05) is 16.3 Å². The first kappa shape index (κ1) is 13.4. The molecule has 0 aromatic heterocycles. The lowest BCUT2D eigenvalue weighted by molar-refractivity contribution is 0.758. The Morgan fingerprint density at radius 2 is 2.05 bits per heavy atom. The van der Waals surface area contributed by atoms with Gasteiger partial charge in [0.05, 0.1) is 0 Å². The maximum Gasteiger partial charge on any atom is 0.0178 e. The van der Waals surface area contributed by atoms with Crippen LogP contribution >= 0.6 is 31.9 Å². The van der Waals surface area contributed by atoms with E-state index in [2.05, 4.69) is 68.8 Å². The van der Waals surface area contributed by atoms with Gasteiger partial charge >= 0.3 is 0 Å². The van der Waals surface area contributed by atoms with Gasteiger partial charge in [0.15, 0.2) is 0 Å². The molecule has 0 heterocycles. The van der Waals surface area contributed by atoms with E-state index in [4.69, 9.17) is 0 Å². The van der Waals surface area contributed by atoms with Crippen molar-refractivity contribution < 1.29 is 0 Å². The molecule has 0 nitrogen and oxygen atoms in total. The van der Waals surface area contributed by atoms with Gasteiger partial charge < -0.3 is 0 Å². The van der Waals surface area contributed by atoms with E-state index in [0.717, 1.165) is 19.3 Å². The Morgan fingerprint density at radius 1 is 1.21 bits per heavy atom. The summed E-state index contributed by atoms with van der Waals surface area (Å²) in [5.41, 5.74) is 4.57. The van der Waals surface area contributed by atoms with Crippen molar-refractivity contribution in [1.82, 2.24) is 0 Å². The molecular formula is C17H16Br2. The molecule has 0 saturated heterocycles. The van der Waals surface area contributed by atoms with Gasteiger partial charge in [-0.3, -0.25) is 0 Å². The topological polar surface area (TPSA) is 0 Å². The van der Waals surface area contributed by atoms with Gasteiger partial charge in [0.2, 0.25) is 0 Å². The number of allylic oxidation sites excluding steroid dienone is 5. The van der Waals surface area contributed by atoms with Crippen LogP contribution in [0.3, 0.4) is 0 Å². The van der Waals surface area contributed by atoms with Crippen molar-refractivity contribution in [3.8, 4) is 0 Å². The number of hydrogen-bond donors (Lipinski definition) is 0. The highest BCUT2D eigenvalue weighted by Gasteiger charge is 2.34. The van der Waals surface area contributed by atoms with Crippen LogP contribution in [0.4, 0.5) is 0 Å². The fourth-order valence-corrected chi connectivity index (χ4v) is 4.02. The molecule has 2 aliphatic rings. The first-order valence-electron chi connectivity index (χ1n) is 6.65. The van der Waals surface area contributed by atoms with Crippen molar-refractivity contribution in [2.24, 2.45) is 0 Å². The Bertz CT molecular complexity index is 581. The van der Waals surface area contributed by atoms with Crippen molar-refractivity contribution in [3.63, 3.8) is 0 Å². The zero-order chi connectivity index (χ0) is 13.4. The molecule has 0 bridgehead atoms. The quantitative estimate of drug-likeness (QED) is 0.536. The summed E-state index contributed by atoms with van der Waals surface area (Å²) in [5.74, 6) is 1.07. The zero-order valence-corrected chi connectivity index (χ0v) is 13.9. The molecule has 2 atom stereocenters. The van der Waals surface area contributed by atoms with E-state index in [0.29, 0.717) is 11.8 Å². The molecule has 98 valence electrons. The molecule has 0 N–H and O–H groups in total. The third-order valence-electron chi connectivity index (χ3n) is 4.11. The molecular weight excluding hydrogens is 364 g/mol. The van der Waals surface area contributed by atoms with Crippen LogP contribution in [0.15, 0.2) is 57.5 Å². The Hall–Kier alpha value is -0.600. The minimum Gasteiger partial charge on any atom is -0.103 e. The summed E-state index contributed by atoms with van der Waals surface area (Å²) >= 11 is 7.25.